The molecule has 31 heavy (non-hydrogen) atoms. The summed E-state index contributed by atoms with van der Waals surface area (Å²) in [5, 5.41) is 0. The molecular formula is C25H40N4O2. The van der Waals surface area contributed by atoms with E-state index in [0.717, 1.165) is 69.5 Å². The number of ketones is 2. The number of pyridine rings is 1. The van der Waals surface area contributed by atoms with Crippen molar-refractivity contribution in [3.63, 3.8) is 0 Å². The van der Waals surface area contributed by atoms with Gasteiger partial charge in [-0.05, 0) is 50.4 Å². The van der Waals surface area contributed by atoms with E-state index in [9.17, 15) is 9.59 Å². The monoisotopic (exact) mass is 428 g/mol. The third-order valence-corrected chi connectivity index (χ3v) is 7.04. The summed E-state index contributed by atoms with van der Waals surface area (Å²) in [5.74, 6) is 2.45. The van der Waals surface area contributed by atoms with Gasteiger partial charge in [-0.3, -0.25) is 19.4 Å². The standard InChI is InChI=1S/C25H40N4O2/c1-5-20(4)25(31)22-6-7-24(26-16-22)29-14-12-28(13-15-29)17-21-8-10-27(11-9-21)18-23(30)19(2)3/h6-7,16,19-21H,5,8-15,17-18H2,1-4H3. The SMILES string of the molecule is CCC(C)C(=O)c1ccc(N2CCN(CC3CCN(CC(=O)C(C)C)CC3)CC2)nc1. The van der Waals surface area contributed by atoms with Crippen LogP contribution >= 0.6 is 0 Å². The molecule has 0 N–H and O–H groups in total. The van der Waals surface area contributed by atoms with Gasteiger partial charge in [0, 0.05) is 56.3 Å². The first-order valence-electron chi connectivity index (χ1n) is 12.1. The van der Waals surface area contributed by atoms with Crippen molar-refractivity contribution in [2.24, 2.45) is 17.8 Å². The lowest BCUT2D eigenvalue weighted by atomic mass is 9.95. The van der Waals surface area contributed by atoms with E-state index in [1.54, 1.807) is 6.20 Å². The Labute approximate surface area is 188 Å². The Morgan fingerprint density at radius 1 is 1.00 bits per heavy atom. The van der Waals surface area contributed by atoms with Gasteiger partial charge in [0.1, 0.15) is 11.6 Å². The molecule has 2 aliphatic rings. The van der Waals surface area contributed by atoms with Gasteiger partial charge in [0.15, 0.2) is 5.78 Å². The van der Waals surface area contributed by atoms with Gasteiger partial charge in [-0.1, -0.05) is 27.7 Å². The van der Waals surface area contributed by atoms with Crippen molar-refractivity contribution in [3.8, 4) is 0 Å². The van der Waals surface area contributed by atoms with Gasteiger partial charge in [-0.15, -0.1) is 0 Å². The number of hydrogen-bond acceptors (Lipinski definition) is 6. The minimum atomic E-state index is 0.0544. The Hall–Kier alpha value is -1.79. The lowest BCUT2D eigenvalue weighted by Crippen LogP contribution is -2.49. The molecule has 2 fully saturated rings. The summed E-state index contributed by atoms with van der Waals surface area (Å²) in [6.45, 7) is 16.0. The molecule has 0 bridgehead atoms. The number of rotatable bonds is 9. The normalized spacial score (nSPS) is 20.2. The first-order valence-corrected chi connectivity index (χ1v) is 12.1. The van der Waals surface area contributed by atoms with Crippen molar-refractivity contribution in [3.05, 3.63) is 23.9 Å². The molecule has 1 aromatic rings. The number of piperidine rings is 1. The maximum Gasteiger partial charge on any atom is 0.167 e. The second-order valence-electron chi connectivity index (χ2n) is 9.71. The van der Waals surface area contributed by atoms with E-state index in [1.165, 1.54) is 12.8 Å². The highest BCUT2D eigenvalue weighted by Gasteiger charge is 2.25. The van der Waals surface area contributed by atoms with Gasteiger partial charge in [0.25, 0.3) is 0 Å². The van der Waals surface area contributed by atoms with E-state index in [1.807, 2.05) is 39.8 Å². The third-order valence-electron chi connectivity index (χ3n) is 7.04. The molecule has 3 heterocycles. The van der Waals surface area contributed by atoms with Crippen LogP contribution in [0.15, 0.2) is 18.3 Å². The quantitative estimate of drug-likeness (QED) is 0.562. The van der Waals surface area contributed by atoms with Crippen LogP contribution in [0, 0.1) is 17.8 Å². The minimum Gasteiger partial charge on any atom is -0.354 e. The summed E-state index contributed by atoms with van der Waals surface area (Å²) in [7, 11) is 0. The first-order chi connectivity index (χ1) is 14.9. The number of Topliss-reactive ketones (excluding diaryl/α,β-unsaturated/α-hetero) is 2. The van der Waals surface area contributed by atoms with Gasteiger partial charge in [0.2, 0.25) is 0 Å². The van der Waals surface area contributed by atoms with E-state index in [-0.39, 0.29) is 17.6 Å². The third kappa shape index (κ3) is 6.59. The molecule has 2 saturated heterocycles. The van der Waals surface area contributed by atoms with Gasteiger partial charge >= 0.3 is 0 Å². The molecule has 2 aliphatic heterocycles. The van der Waals surface area contributed by atoms with Crippen LogP contribution in [0.5, 0.6) is 0 Å². The van der Waals surface area contributed by atoms with Crippen LogP contribution in [0.4, 0.5) is 5.82 Å². The maximum atomic E-state index is 12.3. The summed E-state index contributed by atoms with van der Waals surface area (Å²) < 4.78 is 0. The highest BCUT2D eigenvalue weighted by Crippen LogP contribution is 2.21. The zero-order valence-corrected chi connectivity index (χ0v) is 19.8. The van der Waals surface area contributed by atoms with Crippen LogP contribution in [0.3, 0.4) is 0 Å². The molecule has 1 aromatic heterocycles. The van der Waals surface area contributed by atoms with Crippen molar-refractivity contribution in [1.82, 2.24) is 14.8 Å². The number of aromatic nitrogens is 1. The van der Waals surface area contributed by atoms with Gasteiger partial charge in [-0.2, -0.15) is 0 Å². The molecule has 6 heteroatoms. The Morgan fingerprint density at radius 2 is 1.68 bits per heavy atom. The second-order valence-corrected chi connectivity index (χ2v) is 9.71. The predicted octanol–water partition coefficient (Wildman–Crippen LogP) is 3.37. The smallest absolute Gasteiger partial charge is 0.167 e. The lowest BCUT2D eigenvalue weighted by molar-refractivity contribution is -0.123. The fourth-order valence-electron chi connectivity index (χ4n) is 4.44. The average molecular weight is 429 g/mol. The predicted molar refractivity (Wildman–Crippen MR) is 126 cm³/mol. The van der Waals surface area contributed by atoms with Gasteiger partial charge in [-0.25, -0.2) is 4.98 Å². The van der Waals surface area contributed by atoms with Crippen molar-refractivity contribution in [2.75, 3.05) is 57.3 Å². The number of carbonyl (C=O) groups is 2. The number of hydrogen-bond donors (Lipinski definition) is 0. The molecule has 0 aromatic carbocycles. The van der Waals surface area contributed by atoms with E-state index >= 15 is 0 Å². The fourth-order valence-corrected chi connectivity index (χ4v) is 4.44. The summed E-state index contributed by atoms with van der Waals surface area (Å²) in [4.78, 5) is 36.1. The maximum absolute atomic E-state index is 12.3. The molecule has 0 saturated carbocycles. The van der Waals surface area contributed by atoms with Crippen LogP contribution in [0.25, 0.3) is 0 Å². The molecular weight excluding hydrogens is 388 g/mol. The highest BCUT2D eigenvalue weighted by atomic mass is 16.1. The van der Waals surface area contributed by atoms with Crippen LogP contribution in [0.2, 0.25) is 0 Å². The van der Waals surface area contributed by atoms with Crippen LogP contribution in [-0.2, 0) is 4.79 Å². The lowest BCUT2D eigenvalue weighted by Gasteiger charge is -2.39. The molecule has 3 rings (SSSR count). The van der Waals surface area contributed by atoms with Crippen LogP contribution in [0.1, 0.15) is 57.3 Å². The van der Waals surface area contributed by atoms with E-state index in [2.05, 4.69) is 19.7 Å². The number of piperazine rings is 1. The van der Waals surface area contributed by atoms with Gasteiger partial charge in [0.05, 0.1) is 6.54 Å². The minimum absolute atomic E-state index is 0.0544. The van der Waals surface area contributed by atoms with Crippen molar-refractivity contribution >= 4 is 17.4 Å². The van der Waals surface area contributed by atoms with E-state index < -0.39 is 0 Å². The summed E-state index contributed by atoms with van der Waals surface area (Å²) >= 11 is 0. The summed E-state index contributed by atoms with van der Waals surface area (Å²) in [6.07, 6.45) is 4.99. The molecule has 0 aliphatic carbocycles. The fraction of sp³-hybridized carbons (Fsp3) is 0.720. The molecule has 0 amide bonds. The molecule has 1 unspecified atom stereocenters. The Morgan fingerprint density at radius 3 is 2.23 bits per heavy atom. The number of likely N-dealkylation sites (tertiary alicyclic amines) is 1. The molecule has 1 atom stereocenters. The number of anilines is 1. The largest absolute Gasteiger partial charge is 0.354 e. The second kappa shape index (κ2) is 11.2. The summed E-state index contributed by atoms with van der Waals surface area (Å²) in [5.41, 5.74) is 0.721. The van der Waals surface area contributed by atoms with Crippen LogP contribution < -0.4 is 4.90 Å². The first kappa shape index (κ1) is 23.9. The highest BCUT2D eigenvalue weighted by molar-refractivity contribution is 5.97. The zero-order chi connectivity index (χ0) is 22.4. The number of carbonyl (C=O) groups excluding carboxylic acids is 2. The average Bonchev–Trinajstić information content (AvgIpc) is 2.80. The Bertz CT molecular complexity index is 718. The topological polar surface area (TPSA) is 56.8 Å². The molecule has 0 radical (unpaired) electrons. The van der Waals surface area contributed by atoms with Crippen molar-refractivity contribution in [2.45, 2.75) is 47.0 Å². The van der Waals surface area contributed by atoms with E-state index in [4.69, 9.17) is 0 Å². The van der Waals surface area contributed by atoms with Crippen molar-refractivity contribution < 1.29 is 9.59 Å². The summed E-state index contributed by atoms with van der Waals surface area (Å²) in [6, 6.07) is 3.93. The van der Waals surface area contributed by atoms with Gasteiger partial charge < -0.3 is 4.90 Å². The molecule has 0 spiro atoms. The molecule has 172 valence electrons. The zero-order valence-electron chi connectivity index (χ0n) is 19.8. The Kier molecular flexibility index (Phi) is 8.61. The van der Waals surface area contributed by atoms with E-state index in [0.29, 0.717) is 12.3 Å². The molecule has 6 nitrogen and oxygen atoms in total. The van der Waals surface area contributed by atoms with Crippen molar-refractivity contribution in [1.29, 1.82) is 0 Å². The number of nitrogens with zero attached hydrogens (tertiary/aromatic N) is 4. The van der Waals surface area contributed by atoms with Crippen LogP contribution in [-0.4, -0.2) is 78.7 Å². The Balaban J connectivity index is 1.40.